The molecule has 5 rings (SSSR count). The minimum Gasteiger partial charge on any atom is -0.493 e. The van der Waals surface area contributed by atoms with Gasteiger partial charge in [0.25, 0.3) is 0 Å². The van der Waals surface area contributed by atoms with E-state index in [9.17, 15) is 8.78 Å². The Bertz CT molecular complexity index is 1450. The van der Waals surface area contributed by atoms with Crippen LogP contribution in [0.1, 0.15) is 38.2 Å². The second-order valence-corrected chi connectivity index (χ2v) is 9.50. The average Bonchev–Trinajstić information content (AvgIpc) is 3.32. The number of fused-ring (bicyclic) bond motifs is 1. The highest BCUT2D eigenvalue weighted by Gasteiger charge is 2.18. The molecule has 0 fully saturated rings. The molecule has 0 aromatic heterocycles. The molecule has 188 valence electrons. The van der Waals surface area contributed by atoms with Gasteiger partial charge < -0.3 is 9.30 Å². The van der Waals surface area contributed by atoms with Crippen LogP contribution in [0.3, 0.4) is 0 Å². The number of aromatic nitrogens is 3. The zero-order valence-electron chi connectivity index (χ0n) is 21.0. The van der Waals surface area contributed by atoms with E-state index in [4.69, 9.17) is 4.74 Å². The van der Waals surface area contributed by atoms with Gasteiger partial charge in [0.2, 0.25) is 0 Å². The molecule has 2 aromatic carbocycles. The fourth-order valence-corrected chi connectivity index (χ4v) is 4.42. The van der Waals surface area contributed by atoms with Crippen LogP contribution < -0.4 is 4.74 Å². The molecule has 1 unspecified atom stereocenters. The Balaban J connectivity index is 1.21. The third-order valence-electron chi connectivity index (χ3n) is 6.41. The van der Waals surface area contributed by atoms with Crippen molar-refractivity contribution in [1.29, 1.82) is 0 Å². The Morgan fingerprint density at radius 2 is 1.86 bits per heavy atom. The molecular weight excluding hydrogens is 468 g/mol. The minimum absolute atomic E-state index is 0.0649. The van der Waals surface area contributed by atoms with Crippen LogP contribution in [0.5, 0.6) is 5.75 Å². The molecule has 2 heterocycles. The lowest BCUT2D eigenvalue weighted by molar-refractivity contribution is 0.324. The molecule has 2 aromatic rings. The maximum atomic E-state index is 14.2. The van der Waals surface area contributed by atoms with Crippen molar-refractivity contribution in [3.63, 3.8) is 0 Å². The van der Waals surface area contributed by atoms with Crippen LogP contribution in [0.2, 0.25) is 0 Å². The highest BCUT2D eigenvalue weighted by atomic mass is 19.2. The fraction of sp³-hybridized carbons (Fsp3) is 0.226. The molecule has 6 heteroatoms. The number of imidazole rings is 1. The third kappa shape index (κ3) is 5.85. The van der Waals surface area contributed by atoms with Gasteiger partial charge in [-0.15, -0.1) is 0 Å². The normalized spacial score (nSPS) is 15.0. The van der Waals surface area contributed by atoms with Crippen LogP contribution in [0.4, 0.5) is 8.78 Å². The molecule has 2 aliphatic heterocycles. The van der Waals surface area contributed by atoms with E-state index >= 15 is 0 Å². The summed E-state index contributed by atoms with van der Waals surface area (Å²) in [5.74, 6) is -0.420. The monoisotopic (exact) mass is 497 g/mol. The molecule has 0 amide bonds. The lowest BCUT2D eigenvalue weighted by atomic mass is 9.90. The van der Waals surface area contributed by atoms with E-state index in [0.717, 1.165) is 24.7 Å². The van der Waals surface area contributed by atoms with Crippen LogP contribution >= 0.6 is 0 Å². The molecule has 1 atom stereocenters. The van der Waals surface area contributed by atoms with Crippen molar-refractivity contribution in [3.8, 4) is 28.5 Å². The number of pyridine rings is 1. The first-order valence-corrected chi connectivity index (χ1v) is 12.5. The van der Waals surface area contributed by atoms with Gasteiger partial charge in [0.15, 0.2) is 17.5 Å². The van der Waals surface area contributed by atoms with E-state index in [-0.39, 0.29) is 11.4 Å². The molecule has 0 radical (unpaired) electrons. The quantitative estimate of drug-likeness (QED) is 0.185. The number of hydrogen-bond acceptors (Lipinski definition) is 3. The van der Waals surface area contributed by atoms with E-state index in [1.54, 1.807) is 0 Å². The molecule has 4 nitrogen and oxygen atoms in total. The van der Waals surface area contributed by atoms with Gasteiger partial charge >= 0.3 is 0 Å². The van der Waals surface area contributed by atoms with Gasteiger partial charge in [-0.05, 0) is 68.2 Å². The predicted molar refractivity (Wildman–Crippen MR) is 143 cm³/mol. The van der Waals surface area contributed by atoms with Crippen molar-refractivity contribution in [2.24, 2.45) is 0 Å². The van der Waals surface area contributed by atoms with Crippen LogP contribution in [-0.2, 0) is 6.54 Å². The number of allylic oxidation sites excluding steroid dienone is 5. The highest BCUT2D eigenvalue weighted by molar-refractivity contribution is 5.66. The van der Waals surface area contributed by atoms with Gasteiger partial charge in [0.05, 0.1) is 17.9 Å². The van der Waals surface area contributed by atoms with Crippen molar-refractivity contribution in [1.82, 2.24) is 14.5 Å². The fourth-order valence-electron chi connectivity index (χ4n) is 4.42. The number of nitrogens with zero attached hydrogens (tertiary/aromatic N) is 3. The summed E-state index contributed by atoms with van der Waals surface area (Å²) >= 11 is 0. The molecular formula is C31H29F2N3O. The number of rotatable bonds is 8. The molecule has 0 N–H and O–H groups in total. The molecule has 1 aliphatic carbocycles. The first-order chi connectivity index (χ1) is 18.0. The Hall–Kier alpha value is -4.06. The third-order valence-corrected chi connectivity index (χ3v) is 6.41. The summed E-state index contributed by atoms with van der Waals surface area (Å²) in [4.78, 5) is 8.82. The molecule has 0 bridgehead atoms. The second-order valence-electron chi connectivity index (χ2n) is 9.50. The Morgan fingerprint density at radius 3 is 2.62 bits per heavy atom. The lowest BCUT2D eigenvalue weighted by Crippen LogP contribution is -2.05. The minimum atomic E-state index is -0.931. The number of hydrogen-bond donors (Lipinski definition) is 0. The zero-order chi connectivity index (χ0) is 25.8. The van der Waals surface area contributed by atoms with E-state index in [2.05, 4.69) is 60.3 Å². The van der Waals surface area contributed by atoms with Gasteiger partial charge in [-0.2, -0.15) is 0 Å². The average molecular weight is 498 g/mol. The first-order valence-electron chi connectivity index (χ1n) is 12.5. The summed E-state index contributed by atoms with van der Waals surface area (Å²) < 4.78 is 35.7. The number of benzene rings is 2. The summed E-state index contributed by atoms with van der Waals surface area (Å²) in [5, 5.41) is 0. The second kappa shape index (κ2) is 10.9. The SMILES string of the molecule is CC(C)=CCCOc1ccc(C2C=CC(Cn3ccc4nc(-c5cccc(F)c5F)nc-4c3)=CC2)cc1. The summed E-state index contributed by atoms with van der Waals surface area (Å²) in [6, 6.07) is 14.2. The smallest absolute Gasteiger partial charge is 0.169 e. The summed E-state index contributed by atoms with van der Waals surface area (Å²) in [6.07, 6.45) is 14.5. The topological polar surface area (TPSA) is 39.9 Å². The predicted octanol–water partition coefficient (Wildman–Crippen LogP) is 7.73. The van der Waals surface area contributed by atoms with E-state index in [1.165, 1.54) is 28.8 Å². The van der Waals surface area contributed by atoms with Gasteiger partial charge in [-0.25, -0.2) is 18.7 Å². The van der Waals surface area contributed by atoms with E-state index in [0.29, 0.717) is 30.5 Å². The highest BCUT2D eigenvalue weighted by Crippen LogP contribution is 2.30. The van der Waals surface area contributed by atoms with Gasteiger partial charge in [-0.3, -0.25) is 0 Å². The summed E-state index contributed by atoms with van der Waals surface area (Å²) in [6.45, 7) is 5.56. The Labute approximate surface area is 216 Å². The number of ether oxygens (including phenoxy) is 1. The van der Waals surface area contributed by atoms with Crippen LogP contribution in [0.25, 0.3) is 22.8 Å². The molecule has 3 aliphatic rings. The maximum absolute atomic E-state index is 14.2. The van der Waals surface area contributed by atoms with Crippen LogP contribution in [-0.4, -0.2) is 21.1 Å². The zero-order valence-corrected chi connectivity index (χ0v) is 21.0. The lowest BCUT2D eigenvalue weighted by Gasteiger charge is -2.18. The Kier molecular flexibility index (Phi) is 7.26. The molecule has 37 heavy (non-hydrogen) atoms. The summed E-state index contributed by atoms with van der Waals surface area (Å²) in [7, 11) is 0. The van der Waals surface area contributed by atoms with Gasteiger partial charge in [0, 0.05) is 24.9 Å². The van der Waals surface area contributed by atoms with Crippen LogP contribution in [0.15, 0.2) is 96.4 Å². The van der Waals surface area contributed by atoms with Crippen LogP contribution in [0, 0.1) is 11.6 Å². The van der Waals surface area contributed by atoms with E-state index < -0.39 is 11.6 Å². The van der Waals surface area contributed by atoms with Crippen molar-refractivity contribution < 1.29 is 13.5 Å². The standard InChI is InChI=1S/C31H29F2N3O/c1-21(2)5-4-18-37-25-14-12-24(13-15-25)23-10-8-22(9-11-23)19-36-17-16-28-29(20-36)35-31(34-28)26-6-3-7-27(32)30(26)33/h3,5-10,12-17,20,23H,4,11,18-19H2,1-2H3. The number of halogens is 2. The van der Waals surface area contributed by atoms with Crippen molar-refractivity contribution in [2.75, 3.05) is 6.61 Å². The largest absolute Gasteiger partial charge is 0.493 e. The van der Waals surface area contributed by atoms with Gasteiger partial charge in [-0.1, -0.05) is 48.1 Å². The van der Waals surface area contributed by atoms with Crippen molar-refractivity contribution >= 4 is 0 Å². The van der Waals surface area contributed by atoms with E-state index in [1.807, 2.05) is 35.2 Å². The van der Waals surface area contributed by atoms with Crippen molar-refractivity contribution in [2.45, 2.75) is 39.2 Å². The molecule has 0 saturated heterocycles. The Morgan fingerprint density at radius 1 is 1.05 bits per heavy atom. The molecule has 0 spiro atoms. The van der Waals surface area contributed by atoms with Crippen molar-refractivity contribution in [3.05, 3.63) is 114 Å². The summed E-state index contributed by atoms with van der Waals surface area (Å²) in [5.41, 5.74) is 5.13. The molecule has 0 saturated carbocycles. The maximum Gasteiger partial charge on any atom is 0.169 e. The van der Waals surface area contributed by atoms with Gasteiger partial charge in [0.1, 0.15) is 11.4 Å². The first kappa shape index (κ1) is 24.6.